The number of halogens is 3. The van der Waals surface area contributed by atoms with E-state index in [-0.39, 0.29) is 5.97 Å². The van der Waals surface area contributed by atoms with Crippen molar-refractivity contribution in [3.63, 3.8) is 0 Å². The van der Waals surface area contributed by atoms with E-state index in [1.807, 2.05) is 12.1 Å². The number of fused-ring (bicyclic) bond motifs is 1. The fourth-order valence-electron chi connectivity index (χ4n) is 2.14. The van der Waals surface area contributed by atoms with E-state index in [1.165, 1.54) is 0 Å². The van der Waals surface area contributed by atoms with Crippen molar-refractivity contribution in [2.24, 2.45) is 0 Å². The molecule has 0 aliphatic carbocycles. The smallest absolute Gasteiger partial charge is 0.339 e. The van der Waals surface area contributed by atoms with Crippen molar-refractivity contribution >= 4 is 40.8 Å². The molecule has 2 aromatic rings. The van der Waals surface area contributed by atoms with Crippen molar-refractivity contribution in [2.45, 2.75) is 6.10 Å². The molecular formula is C14H7Cl3O2. The number of ether oxygens (including phenoxy) is 1. The summed E-state index contributed by atoms with van der Waals surface area (Å²) in [7, 11) is 0. The van der Waals surface area contributed by atoms with Gasteiger partial charge in [0.15, 0.2) is 6.10 Å². The summed E-state index contributed by atoms with van der Waals surface area (Å²) in [6, 6.07) is 10.4. The van der Waals surface area contributed by atoms with Gasteiger partial charge in [0, 0.05) is 16.1 Å². The van der Waals surface area contributed by atoms with Crippen LogP contribution in [0.2, 0.25) is 15.1 Å². The van der Waals surface area contributed by atoms with E-state index < -0.39 is 6.10 Å². The highest BCUT2D eigenvalue weighted by molar-refractivity contribution is 6.43. The van der Waals surface area contributed by atoms with Crippen LogP contribution in [-0.2, 0) is 4.74 Å². The average molecular weight is 314 g/mol. The highest BCUT2D eigenvalue weighted by atomic mass is 35.5. The van der Waals surface area contributed by atoms with Gasteiger partial charge >= 0.3 is 5.97 Å². The van der Waals surface area contributed by atoms with Crippen molar-refractivity contribution in [3.05, 3.63) is 68.2 Å². The van der Waals surface area contributed by atoms with Gasteiger partial charge in [-0.05, 0) is 18.2 Å². The van der Waals surface area contributed by atoms with Gasteiger partial charge in [-0.1, -0.05) is 53.0 Å². The van der Waals surface area contributed by atoms with E-state index >= 15 is 0 Å². The number of carbonyl (C=O) groups is 1. The summed E-state index contributed by atoms with van der Waals surface area (Å²) in [6.45, 7) is 0. The minimum Gasteiger partial charge on any atom is -0.449 e. The minimum atomic E-state index is -0.563. The summed E-state index contributed by atoms with van der Waals surface area (Å²) in [4.78, 5) is 11.8. The molecule has 0 N–H and O–H groups in total. The lowest BCUT2D eigenvalue weighted by atomic mass is 9.99. The molecule has 1 aliphatic heterocycles. The molecule has 1 heterocycles. The van der Waals surface area contributed by atoms with Crippen LogP contribution in [0.15, 0.2) is 36.4 Å². The van der Waals surface area contributed by atoms with Crippen LogP contribution in [0.5, 0.6) is 0 Å². The van der Waals surface area contributed by atoms with Crippen LogP contribution in [0.4, 0.5) is 0 Å². The number of rotatable bonds is 1. The second-order valence-electron chi connectivity index (χ2n) is 4.16. The summed E-state index contributed by atoms with van der Waals surface area (Å²) < 4.78 is 5.37. The van der Waals surface area contributed by atoms with Gasteiger partial charge in [-0.15, -0.1) is 0 Å². The second kappa shape index (κ2) is 4.71. The van der Waals surface area contributed by atoms with Gasteiger partial charge in [-0.2, -0.15) is 0 Å². The normalized spacial score (nSPS) is 17.2. The lowest BCUT2D eigenvalue weighted by molar-refractivity contribution is 0.0456. The number of hydrogen-bond acceptors (Lipinski definition) is 2. The largest absolute Gasteiger partial charge is 0.449 e. The Balaban J connectivity index is 2.18. The number of hydrogen-bond donors (Lipinski definition) is 0. The van der Waals surface area contributed by atoms with E-state index in [9.17, 15) is 4.79 Å². The Morgan fingerprint density at radius 1 is 1.00 bits per heavy atom. The highest BCUT2D eigenvalue weighted by Gasteiger charge is 2.33. The first-order valence-electron chi connectivity index (χ1n) is 5.52. The van der Waals surface area contributed by atoms with Crippen LogP contribution in [0, 0.1) is 0 Å². The molecule has 96 valence electrons. The SMILES string of the molecule is O=C1OC(c2cc(Cl)cc(Cl)c2Cl)c2ccccc21. The predicted molar refractivity (Wildman–Crippen MR) is 75.2 cm³/mol. The minimum absolute atomic E-state index is 0.338. The summed E-state index contributed by atoms with van der Waals surface area (Å²) in [5.41, 5.74) is 1.91. The molecule has 0 saturated carbocycles. The van der Waals surface area contributed by atoms with Gasteiger partial charge in [0.05, 0.1) is 15.6 Å². The van der Waals surface area contributed by atoms with Crippen molar-refractivity contribution in [1.29, 1.82) is 0 Å². The molecule has 0 saturated heterocycles. The summed E-state index contributed by atoms with van der Waals surface area (Å²) >= 11 is 18.2. The molecule has 2 aromatic carbocycles. The fraction of sp³-hybridized carbons (Fsp3) is 0.0714. The fourth-order valence-corrected chi connectivity index (χ4v) is 2.86. The van der Waals surface area contributed by atoms with E-state index in [2.05, 4.69) is 0 Å². The van der Waals surface area contributed by atoms with Crippen molar-refractivity contribution in [3.8, 4) is 0 Å². The Hall–Kier alpha value is -1.22. The van der Waals surface area contributed by atoms with Crippen LogP contribution in [-0.4, -0.2) is 5.97 Å². The molecule has 3 rings (SSSR count). The van der Waals surface area contributed by atoms with Gasteiger partial charge in [-0.3, -0.25) is 0 Å². The first-order valence-corrected chi connectivity index (χ1v) is 6.65. The van der Waals surface area contributed by atoms with Gasteiger partial charge in [0.2, 0.25) is 0 Å². The van der Waals surface area contributed by atoms with E-state index in [1.54, 1.807) is 24.3 Å². The number of benzene rings is 2. The standard InChI is InChI=1S/C14H7Cl3O2/c15-7-5-10(12(17)11(16)6-7)13-8-3-1-2-4-9(8)14(18)19-13/h1-6,13H. The summed E-state index contributed by atoms with van der Waals surface area (Å²) in [5.74, 6) is -0.368. The Bertz CT molecular complexity index is 682. The van der Waals surface area contributed by atoms with Crippen LogP contribution in [0.3, 0.4) is 0 Å². The lowest BCUT2D eigenvalue weighted by Crippen LogP contribution is -2.02. The zero-order valence-electron chi connectivity index (χ0n) is 9.49. The zero-order valence-corrected chi connectivity index (χ0v) is 11.8. The third-order valence-corrected chi connectivity index (χ3v) is 4.03. The van der Waals surface area contributed by atoms with Crippen LogP contribution in [0.1, 0.15) is 27.6 Å². The van der Waals surface area contributed by atoms with Crippen molar-refractivity contribution in [2.75, 3.05) is 0 Å². The summed E-state index contributed by atoms with van der Waals surface area (Å²) in [6.07, 6.45) is -0.563. The lowest BCUT2D eigenvalue weighted by Gasteiger charge is -2.14. The van der Waals surface area contributed by atoms with E-state index in [4.69, 9.17) is 39.5 Å². The monoisotopic (exact) mass is 312 g/mol. The molecular weight excluding hydrogens is 307 g/mol. The molecule has 0 fully saturated rings. The van der Waals surface area contributed by atoms with Crippen LogP contribution in [0.25, 0.3) is 0 Å². The number of cyclic esters (lactones) is 1. The maximum Gasteiger partial charge on any atom is 0.339 e. The van der Waals surface area contributed by atoms with Gasteiger partial charge < -0.3 is 4.74 Å². The molecule has 0 amide bonds. The molecule has 2 nitrogen and oxygen atoms in total. The van der Waals surface area contributed by atoms with Crippen molar-refractivity contribution < 1.29 is 9.53 Å². The zero-order chi connectivity index (χ0) is 13.6. The van der Waals surface area contributed by atoms with E-state index in [0.29, 0.717) is 26.2 Å². The first kappa shape index (κ1) is 12.8. The molecule has 19 heavy (non-hydrogen) atoms. The Labute approximate surface area is 124 Å². The number of esters is 1. The van der Waals surface area contributed by atoms with Gasteiger partial charge in [0.25, 0.3) is 0 Å². The van der Waals surface area contributed by atoms with Gasteiger partial charge in [0.1, 0.15) is 0 Å². The molecule has 0 radical (unpaired) electrons. The van der Waals surface area contributed by atoms with Crippen LogP contribution >= 0.6 is 34.8 Å². The third-order valence-electron chi connectivity index (χ3n) is 2.99. The molecule has 5 heteroatoms. The maximum absolute atomic E-state index is 11.8. The number of carbonyl (C=O) groups excluding carboxylic acids is 1. The quantitative estimate of drug-likeness (QED) is 0.552. The molecule has 1 unspecified atom stereocenters. The highest BCUT2D eigenvalue weighted by Crippen LogP contribution is 2.42. The molecule has 0 aromatic heterocycles. The third kappa shape index (κ3) is 2.10. The first-order chi connectivity index (χ1) is 9.08. The molecule has 0 bridgehead atoms. The predicted octanol–water partition coefficient (Wildman–Crippen LogP) is 4.91. The van der Waals surface area contributed by atoms with Crippen LogP contribution < -0.4 is 0 Å². The summed E-state index contributed by atoms with van der Waals surface area (Å²) in [5, 5.41) is 1.13. The Kier molecular flexibility index (Phi) is 3.17. The molecule has 0 spiro atoms. The van der Waals surface area contributed by atoms with Gasteiger partial charge in [-0.25, -0.2) is 4.79 Å². The Morgan fingerprint density at radius 3 is 2.53 bits per heavy atom. The Morgan fingerprint density at radius 2 is 1.74 bits per heavy atom. The molecule has 1 aliphatic rings. The van der Waals surface area contributed by atoms with Crippen molar-refractivity contribution in [1.82, 2.24) is 0 Å². The maximum atomic E-state index is 11.8. The van der Waals surface area contributed by atoms with E-state index in [0.717, 1.165) is 5.56 Å². The topological polar surface area (TPSA) is 26.3 Å². The molecule has 1 atom stereocenters. The average Bonchev–Trinajstić information content (AvgIpc) is 2.72. The second-order valence-corrected chi connectivity index (χ2v) is 5.39.